The molecule has 0 fully saturated rings. The van der Waals surface area contributed by atoms with Crippen LogP contribution in [0.25, 0.3) is 0 Å². The number of nitrogens with zero attached hydrogens (tertiary/aromatic N) is 1. The van der Waals surface area contributed by atoms with Crippen LogP contribution in [0.4, 0.5) is 0 Å². The molecular weight excluding hydrogens is 232 g/mol. The predicted molar refractivity (Wildman–Crippen MR) is 71.3 cm³/mol. The van der Waals surface area contributed by atoms with Gasteiger partial charge in [-0.2, -0.15) is 0 Å². The first-order valence-electron chi connectivity index (χ1n) is 6.78. The highest BCUT2D eigenvalue weighted by molar-refractivity contribution is 5.81. The highest BCUT2D eigenvalue weighted by atomic mass is 16.5. The summed E-state index contributed by atoms with van der Waals surface area (Å²) in [6.45, 7) is 10.1. The van der Waals surface area contributed by atoms with Crippen LogP contribution < -0.4 is 5.32 Å². The fourth-order valence-corrected chi connectivity index (χ4v) is 1.61. The maximum absolute atomic E-state index is 11.4. The van der Waals surface area contributed by atoms with Crippen molar-refractivity contribution in [1.82, 2.24) is 10.2 Å². The van der Waals surface area contributed by atoms with E-state index in [0.717, 1.165) is 26.1 Å². The average Bonchev–Trinajstić information content (AvgIpc) is 2.37. The van der Waals surface area contributed by atoms with Crippen molar-refractivity contribution in [3.05, 3.63) is 0 Å². The van der Waals surface area contributed by atoms with Crippen molar-refractivity contribution in [3.63, 3.8) is 0 Å². The van der Waals surface area contributed by atoms with Gasteiger partial charge in [-0.05, 0) is 33.0 Å². The Kier molecular flexibility index (Phi) is 10.3. The lowest BCUT2D eigenvalue weighted by molar-refractivity contribution is -0.144. The van der Waals surface area contributed by atoms with Gasteiger partial charge in [0.1, 0.15) is 0 Å². The van der Waals surface area contributed by atoms with Gasteiger partial charge in [-0.1, -0.05) is 13.8 Å². The Labute approximate surface area is 110 Å². The third-order valence-corrected chi connectivity index (χ3v) is 2.73. The molecule has 0 saturated heterocycles. The van der Waals surface area contributed by atoms with Gasteiger partial charge in [0.15, 0.2) is 0 Å². The highest BCUT2D eigenvalue weighted by Crippen LogP contribution is 1.94. The van der Waals surface area contributed by atoms with E-state index in [2.05, 4.69) is 24.1 Å². The van der Waals surface area contributed by atoms with Crippen LogP contribution in [0.15, 0.2) is 0 Å². The number of hydrogen-bond donors (Lipinski definition) is 1. The lowest BCUT2D eigenvalue weighted by Crippen LogP contribution is -2.30. The second-order valence-corrected chi connectivity index (χ2v) is 4.04. The fourth-order valence-electron chi connectivity index (χ4n) is 1.61. The first-order valence-corrected chi connectivity index (χ1v) is 6.78. The molecule has 5 nitrogen and oxygen atoms in total. The smallest absolute Gasteiger partial charge is 0.306 e. The van der Waals surface area contributed by atoms with Crippen molar-refractivity contribution in [2.45, 2.75) is 40.0 Å². The second-order valence-electron chi connectivity index (χ2n) is 4.04. The third-order valence-electron chi connectivity index (χ3n) is 2.73. The summed E-state index contributed by atoms with van der Waals surface area (Å²) in [5, 5.41) is 2.81. The van der Waals surface area contributed by atoms with Crippen LogP contribution in [0.1, 0.15) is 40.0 Å². The molecule has 0 saturated carbocycles. The molecule has 18 heavy (non-hydrogen) atoms. The Morgan fingerprint density at radius 1 is 1.11 bits per heavy atom. The fraction of sp³-hybridized carbons (Fsp3) is 0.846. The van der Waals surface area contributed by atoms with Crippen molar-refractivity contribution < 1.29 is 14.3 Å². The molecule has 0 heterocycles. The van der Waals surface area contributed by atoms with Crippen LogP contribution in [0, 0.1) is 0 Å². The van der Waals surface area contributed by atoms with Crippen LogP contribution in [0.2, 0.25) is 0 Å². The van der Waals surface area contributed by atoms with Crippen LogP contribution in [-0.4, -0.2) is 49.6 Å². The molecule has 0 aromatic carbocycles. The summed E-state index contributed by atoms with van der Waals surface area (Å²) in [4.78, 5) is 24.7. The van der Waals surface area contributed by atoms with Crippen molar-refractivity contribution in [2.75, 3.05) is 32.8 Å². The minimum absolute atomic E-state index is 0.0809. The molecule has 1 amide bonds. The summed E-state index contributed by atoms with van der Waals surface area (Å²) in [5.74, 6) is -0.390. The maximum Gasteiger partial charge on any atom is 0.306 e. The lowest BCUT2D eigenvalue weighted by atomic mass is 10.3. The molecular formula is C13H26N2O3. The summed E-state index contributed by atoms with van der Waals surface area (Å²) in [5.41, 5.74) is 0. The summed E-state index contributed by atoms with van der Waals surface area (Å²) in [6.07, 6.45) is 1.31. The quantitative estimate of drug-likeness (QED) is 0.472. The van der Waals surface area contributed by atoms with Crippen LogP contribution in [-0.2, 0) is 14.3 Å². The minimum Gasteiger partial charge on any atom is -0.466 e. The molecule has 0 aliphatic carbocycles. The van der Waals surface area contributed by atoms with Crippen LogP contribution in [0.3, 0.4) is 0 Å². The molecule has 0 aromatic heterocycles. The van der Waals surface area contributed by atoms with Gasteiger partial charge in [0.25, 0.3) is 0 Å². The van der Waals surface area contributed by atoms with Crippen molar-refractivity contribution in [2.24, 2.45) is 0 Å². The van der Waals surface area contributed by atoms with Gasteiger partial charge in [-0.3, -0.25) is 9.59 Å². The van der Waals surface area contributed by atoms with Crippen LogP contribution >= 0.6 is 0 Å². The van der Waals surface area contributed by atoms with Crippen LogP contribution in [0.5, 0.6) is 0 Å². The largest absolute Gasteiger partial charge is 0.466 e. The first kappa shape index (κ1) is 16.9. The molecule has 0 radical (unpaired) electrons. The Morgan fingerprint density at radius 3 is 2.33 bits per heavy atom. The monoisotopic (exact) mass is 258 g/mol. The number of amides is 1. The number of carbonyl (C=O) groups is 2. The van der Waals surface area contributed by atoms with E-state index in [1.165, 1.54) is 0 Å². The van der Waals surface area contributed by atoms with E-state index in [0.29, 0.717) is 13.2 Å². The molecule has 0 spiro atoms. The van der Waals surface area contributed by atoms with E-state index < -0.39 is 0 Å². The molecule has 0 aliphatic rings. The number of rotatable bonds is 10. The number of carbonyl (C=O) groups excluding carboxylic acids is 2. The molecule has 0 rings (SSSR count). The molecule has 106 valence electrons. The van der Waals surface area contributed by atoms with E-state index in [9.17, 15) is 9.59 Å². The van der Waals surface area contributed by atoms with Gasteiger partial charge < -0.3 is 15.0 Å². The summed E-state index contributed by atoms with van der Waals surface area (Å²) >= 11 is 0. The van der Waals surface area contributed by atoms with Gasteiger partial charge in [-0.25, -0.2) is 0 Å². The second kappa shape index (κ2) is 11.0. The van der Waals surface area contributed by atoms with Gasteiger partial charge in [0, 0.05) is 13.0 Å². The Hall–Kier alpha value is -1.10. The number of esters is 1. The minimum atomic E-state index is -0.309. The summed E-state index contributed by atoms with van der Waals surface area (Å²) in [7, 11) is 0. The van der Waals surface area contributed by atoms with Crippen molar-refractivity contribution in [1.29, 1.82) is 0 Å². The molecule has 0 atom stereocenters. The Morgan fingerprint density at radius 2 is 1.78 bits per heavy atom. The van der Waals surface area contributed by atoms with Gasteiger partial charge in [0.05, 0.1) is 13.0 Å². The lowest BCUT2D eigenvalue weighted by Gasteiger charge is -2.17. The first-order chi connectivity index (χ1) is 8.63. The molecule has 0 unspecified atom stereocenters. The normalized spacial score (nSPS) is 10.4. The van der Waals surface area contributed by atoms with Crippen molar-refractivity contribution >= 4 is 11.9 Å². The summed E-state index contributed by atoms with van der Waals surface area (Å²) in [6, 6.07) is 0. The van der Waals surface area contributed by atoms with Crippen molar-refractivity contribution in [3.8, 4) is 0 Å². The molecule has 0 aliphatic heterocycles. The Bertz CT molecular complexity index is 240. The van der Waals surface area contributed by atoms with E-state index in [-0.39, 0.29) is 24.7 Å². The number of ether oxygens (including phenoxy) is 1. The zero-order valence-electron chi connectivity index (χ0n) is 11.8. The van der Waals surface area contributed by atoms with Gasteiger partial charge in [0.2, 0.25) is 5.91 Å². The average molecular weight is 258 g/mol. The number of hydrogen-bond acceptors (Lipinski definition) is 4. The van der Waals surface area contributed by atoms with E-state index in [4.69, 9.17) is 4.74 Å². The highest BCUT2D eigenvalue weighted by Gasteiger charge is 2.07. The predicted octanol–water partition coefficient (Wildman–Crippen LogP) is 1.18. The van der Waals surface area contributed by atoms with Gasteiger partial charge >= 0.3 is 5.97 Å². The molecule has 5 heteroatoms. The zero-order chi connectivity index (χ0) is 13.8. The maximum atomic E-state index is 11.4. The SMILES string of the molecule is CCOC(=O)CCC(=O)NCCCN(CC)CC. The molecule has 0 aromatic rings. The topological polar surface area (TPSA) is 58.6 Å². The van der Waals surface area contributed by atoms with E-state index >= 15 is 0 Å². The Balaban J connectivity index is 3.50. The van der Waals surface area contributed by atoms with Gasteiger partial charge in [-0.15, -0.1) is 0 Å². The molecule has 1 N–H and O–H groups in total. The standard InChI is InChI=1S/C13H26N2O3/c1-4-15(5-2)11-7-10-14-12(16)8-9-13(17)18-6-3/h4-11H2,1-3H3,(H,14,16). The molecule has 0 bridgehead atoms. The summed E-state index contributed by atoms with van der Waals surface area (Å²) < 4.78 is 4.75. The van der Waals surface area contributed by atoms with E-state index in [1.54, 1.807) is 6.92 Å². The third kappa shape index (κ3) is 8.98. The zero-order valence-corrected chi connectivity index (χ0v) is 11.8. The van der Waals surface area contributed by atoms with E-state index in [1.807, 2.05) is 0 Å². The number of nitrogens with one attached hydrogen (secondary N) is 1.